The zero-order chi connectivity index (χ0) is 14.7. The maximum absolute atomic E-state index is 12.4. The monoisotopic (exact) mass is 311 g/mol. The van der Waals surface area contributed by atoms with Crippen LogP contribution in [0.1, 0.15) is 48.0 Å². The molecule has 1 aromatic rings. The lowest BCUT2D eigenvalue weighted by molar-refractivity contribution is -0.157. The van der Waals surface area contributed by atoms with Crippen molar-refractivity contribution in [2.75, 3.05) is 13.2 Å². The summed E-state index contributed by atoms with van der Waals surface area (Å²) in [7, 11) is 0. The third-order valence-corrected chi connectivity index (χ3v) is 4.83. The second kappa shape index (κ2) is 6.81. The summed E-state index contributed by atoms with van der Waals surface area (Å²) in [6.45, 7) is 3.41. The quantitative estimate of drug-likeness (QED) is 0.913. The van der Waals surface area contributed by atoms with Crippen LogP contribution in [0.3, 0.4) is 0 Å². The molecule has 0 aromatic carbocycles. The molecular weight excluding hydrogens is 290 g/mol. The number of ether oxygens (including phenoxy) is 2. The summed E-state index contributed by atoms with van der Waals surface area (Å²) in [4.78, 5) is 13.0. The molecule has 2 fully saturated rings. The normalized spacial score (nSPS) is 28.9. The number of aryl methyl sites for hydroxylation is 1. The Morgan fingerprint density at radius 2 is 2.14 bits per heavy atom. The molecule has 2 heterocycles. The second-order valence-corrected chi connectivity index (χ2v) is 6.35. The van der Waals surface area contributed by atoms with Crippen LogP contribution in [0, 0.1) is 0 Å². The first-order valence-electron chi connectivity index (χ1n) is 7.63. The van der Waals surface area contributed by atoms with Gasteiger partial charge in [0.25, 0.3) is 5.91 Å². The predicted octanol–water partition coefficient (Wildman–Crippen LogP) is 1.56. The van der Waals surface area contributed by atoms with Crippen molar-refractivity contribution in [3.05, 3.63) is 10.6 Å². The fraction of sp³-hybridized carbons (Fsp3) is 0.786. The molecule has 1 aromatic heterocycles. The Kier molecular flexibility index (Phi) is 4.82. The van der Waals surface area contributed by atoms with Gasteiger partial charge in [0.2, 0.25) is 0 Å². The fourth-order valence-electron chi connectivity index (χ4n) is 3.03. The minimum atomic E-state index is -0.0476. The van der Waals surface area contributed by atoms with Crippen LogP contribution >= 0.6 is 11.5 Å². The molecule has 21 heavy (non-hydrogen) atoms. The zero-order valence-corrected chi connectivity index (χ0v) is 13.0. The first kappa shape index (κ1) is 14.9. The van der Waals surface area contributed by atoms with Crippen molar-refractivity contribution >= 4 is 17.4 Å². The SMILES string of the molecule is CCCc1nnsc1C(=O)NC1CCC2OCCOC2C1. The highest BCUT2D eigenvalue weighted by Crippen LogP contribution is 2.27. The van der Waals surface area contributed by atoms with Gasteiger partial charge in [0.1, 0.15) is 4.88 Å². The van der Waals surface area contributed by atoms with Gasteiger partial charge in [-0.05, 0) is 37.2 Å². The molecule has 0 spiro atoms. The van der Waals surface area contributed by atoms with Crippen LogP contribution in [0.2, 0.25) is 0 Å². The molecule has 116 valence electrons. The molecule has 1 saturated carbocycles. The van der Waals surface area contributed by atoms with Crippen molar-refractivity contribution in [1.82, 2.24) is 14.9 Å². The summed E-state index contributed by atoms with van der Waals surface area (Å²) in [5, 5.41) is 7.16. The number of nitrogens with zero attached hydrogens (tertiary/aromatic N) is 2. The average Bonchev–Trinajstić information content (AvgIpc) is 2.96. The number of aromatic nitrogens is 2. The molecule has 3 rings (SSSR count). The molecule has 7 heteroatoms. The highest BCUT2D eigenvalue weighted by molar-refractivity contribution is 7.08. The summed E-state index contributed by atoms with van der Waals surface area (Å²) in [5.74, 6) is -0.0476. The second-order valence-electron chi connectivity index (χ2n) is 5.60. The summed E-state index contributed by atoms with van der Waals surface area (Å²) in [6, 6.07) is 0.150. The van der Waals surface area contributed by atoms with Gasteiger partial charge in [-0.1, -0.05) is 17.8 Å². The number of hydrogen-bond acceptors (Lipinski definition) is 6. The van der Waals surface area contributed by atoms with E-state index in [1.807, 2.05) is 0 Å². The third kappa shape index (κ3) is 3.41. The van der Waals surface area contributed by atoms with Crippen LogP contribution in [0.4, 0.5) is 0 Å². The maximum atomic E-state index is 12.4. The summed E-state index contributed by atoms with van der Waals surface area (Å²) in [5.41, 5.74) is 0.811. The number of amides is 1. The van der Waals surface area contributed by atoms with E-state index in [0.717, 1.165) is 37.8 Å². The first-order chi connectivity index (χ1) is 10.3. The van der Waals surface area contributed by atoms with Crippen LogP contribution in [0.15, 0.2) is 0 Å². The number of carbonyl (C=O) groups excluding carboxylic acids is 1. The third-order valence-electron chi connectivity index (χ3n) is 4.06. The van der Waals surface area contributed by atoms with E-state index in [1.54, 1.807) is 0 Å². The van der Waals surface area contributed by atoms with Crippen molar-refractivity contribution in [3.63, 3.8) is 0 Å². The van der Waals surface area contributed by atoms with Crippen molar-refractivity contribution in [1.29, 1.82) is 0 Å². The molecule has 3 unspecified atom stereocenters. The first-order valence-corrected chi connectivity index (χ1v) is 8.40. The summed E-state index contributed by atoms with van der Waals surface area (Å²) >= 11 is 1.18. The summed E-state index contributed by atoms with van der Waals surface area (Å²) < 4.78 is 15.4. The van der Waals surface area contributed by atoms with Crippen molar-refractivity contribution < 1.29 is 14.3 Å². The van der Waals surface area contributed by atoms with Crippen LogP contribution < -0.4 is 5.32 Å². The number of fused-ring (bicyclic) bond motifs is 1. The van der Waals surface area contributed by atoms with E-state index in [2.05, 4.69) is 21.8 Å². The van der Waals surface area contributed by atoms with Gasteiger partial charge in [-0.15, -0.1) is 5.10 Å². The molecule has 1 aliphatic heterocycles. The van der Waals surface area contributed by atoms with Crippen molar-refractivity contribution in [2.24, 2.45) is 0 Å². The van der Waals surface area contributed by atoms with Gasteiger partial charge in [0, 0.05) is 6.04 Å². The minimum absolute atomic E-state index is 0.0476. The molecule has 3 atom stereocenters. The Hall–Kier alpha value is -1.05. The lowest BCUT2D eigenvalue weighted by Gasteiger charge is -2.39. The molecule has 0 radical (unpaired) electrons. The Balaban J connectivity index is 1.58. The molecule has 2 aliphatic rings. The number of hydrogen-bond donors (Lipinski definition) is 1. The van der Waals surface area contributed by atoms with Gasteiger partial charge < -0.3 is 14.8 Å². The molecular formula is C14H21N3O3S. The van der Waals surface area contributed by atoms with Crippen LogP contribution in [0.5, 0.6) is 0 Å². The minimum Gasteiger partial charge on any atom is -0.373 e. The van der Waals surface area contributed by atoms with E-state index in [-0.39, 0.29) is 24.2 Å². The number of nitrogens with one attached hydrogen (secondary N) is 1. The van der Waals surface area contributed by atoms with E-state index in [4.69, 9.17) is 9.47 Å². The highest BCUT2D eigenvalue weighted by atomic mass is 32.1. The number of carbonyl (C=O) groups is 1. The Bertz CT molecular complexity index is 494. The average molecular weight is 311 g/mol. The highest BCUT2D eigenvalue weighted by Gasteiger charge is 2.35. The van der Waals surface area contributed by atoms with Crippen LogP contribution in [-0.4, -0.2) is 47.0 Å². The smallest absolute Gasteiger partial charge is 0.265 e. The molecule has 1 N–H and O–H groups in total. The van der Waals surface area contributed by atoms with E-state index in [9.17, 15) is 4.79 Å². The lowest BCUT2D eigenvalue weighted by Crippen LogP contribution is -2.49. The molecule has 6 nitrogen and oxygen atoms in total. The van der Waals surface area contributed by atoms with Gasteiger partial charge in [0.15, 0.2) is 0 Å². The van der Waals surface area contributed by atoms with E-state index in [0.29, 0.717) is 18.1 Å². The van der Waals surface area contributed by atoms with Crippen molar-refractivity contribution in [3.8, 4) is 0 Å². The Labute approximate surface area is 128 Å². The van der Waals surface area contributed by atoms with Gasteiger partial charge in [-0.3, -0.25) is 4.79 Å². The topological polar surface area (TPSA) is 73.3 Å². The molecule has 1 aliphatic carbocycles. The Morgan fingerprint density at radius 1 is 1.33 bits per heavy atom. The summed E-state index contributed by atoms with van der Waals surface area (Å²) in [6.07, 6.45) is 4.78. The molecule has 0 bridgehead atoms. The van der Waals surface area contributed by atoms with Crippen LogP contribution in [0.25, 0.3) is 0 Å². The number of rotatable bonds is 4. The largest absolute Gasteiger partial charge is 0.373 e. The van der Waals surface area contributed by atoms with Gasteiger partial charge in [0.05, 0.1) is 31.1 Å². The van der Waals surface area contributed by atoms with Gasteiger partial charge in [-0.2, -0.15) is 0 Å². The molecule has 1 amide bonds. The van der Waals surface area contributed by atoms with Crippen LogP contribution in [-0.2, 0) is 15.9 Å². The lowest BCUT2D eigenvalue weighted by atomic mass is 9.89. The van der Waals surface area contributed by atoms with Gasteiger partial charge in [-0.25, -0.2) is 0 Å². The fourth-order valence-corrected chi connectivity index (χ4v) is 3.64. The van der Waals surface area contributed by atoms with E-state index >= 15 is 0 Å². The van der Waals surface area contributed by atoms with Gasteiger partial charge >= 0.3 is 0 Å². The standard InChI is InChI=1S/C14H21N3O3S/c1-2-3-10-13(21-17-16-10)14(18)15-9-4-5-11-12(8-9)20-7-6-19-11/h9,11-12H,2-8H2,1H3,(H,15,18). The van der Waals surface area contributed by atoms with E-state index < -0.39 is 0 Å². The van der Waals surface area contributed by atoms with E-state index in [1.165, 1.54) is 11.5 Å². The molecule has 1 saturated heterocycles. The van der Waals surface area contributed by atoms with Crippen molar-refractivity contribution in [2.45, 2.75) is 57.3 Å². The zero-order valence-electron chi connectivity index (χ0n) is 12.2. The Morgan fingerprint density at radius 3 is 2.95 bits per heavy atom. The predicted molar refractivity (Wildman–Crippen MR) is 78.5 cm³/mol. The maximum Gasteiger partial charge on any atom is 0.265 e.